The number of aryl methyl sites for hydroxylation is 1. The van der Waals surface area contributed by atoms with Crippen molar-refractivity contribution in [2.75, 3.05) is 5.32 Å². The molecular weight excluding hydrogens is 250 g/mol. The first-order valence-corrected chi connectivity index (χ1v) is 7.07. The summed E-state index contributed by atoms with van der Waals surface area (Å²) in [4.78, 5) is 23.8. The van der Waals surface area contributed by atoms with Gasteiger partial charge in [-0.3, -0.25) is 4.79 Å². The normalized spacial score (nSPS) is 15.2. The number of aromatic carboxylic acids is 1. The highest BCUT2D eigenvalue weighted by Gasteiger charge is 2.22. The Labute approximate surface area is 110 Å². The fourth-order valence-corrected chi connectivity index (χ4v) is 3.01. The number of thiophene rings is 1. The molecule has 0 unspecified atom stereocenters. The molecule has 1 aromatic heterocycles. The Kier molecular flexibility index (Phi) is 4.01. The minimum Gasteiger partial charge on any atom is -0.478 e. The molecule has 0 atom stereocenters. The molecule has 1 amide bonds. The Bertz CT molecular complexity index is 463. The number of nitrogens with one attached hydrogen (secondary N) is 1. The van der Waals surface area contributed by atoms with E-state index in [1.165, 1.54) is 17.8 Å². The third kappa shape index (κ3) is 2.90. The monoisotopic (exact) mass is 267 g/mol. The highest BCUT2D eigenvalue weighted by Crippen LogP contribution is 2.32. The first-order valence-electron chi connectivity index (χ1n) is 6.26. The van der Waals surface area contributed by atoms with E-state index < -0.39 is 5.97 Å². The Morgan fingerprint density at radius 2 is 2.22 bits per heavy atom. The van der Waals surface area contributed by atoms with Crippen LogP contribution in [0.1, 0.15) is 47.8 Å². The molecule has 5 heteroatoms. The van der Waals surface area contributed by atoms with Crippen LogP contribution in [-0.2, 0) is 11.2 Å². The van der Waals surface area contributed by atoms with Gasteiger partial charge in [-0.1, -0.05) is 13.3 Å². The average Bonchev–Trinajstić information content (AvgIpc) is 2.67. The molecule has 2 rings (SSSR count). The van der Waals surface area contributed by atoms with Gasteiger partial charge in [-0.05, 0) is 31.2 Å². The Hall–Kier alpha value is -1.36. The number of anilines is 1. The highest BCUT2D eigenvalue weighted by molar-refractivity contribution is 7.16. The zero-order chi connectivity index (χ0) is 13.1. The van der Waals surface area contributed by atoms with Gasteiger partial charge in [0, 0.05) is 11.3 Å². The number of hydrogen-bond acceptors (Lipinski definition) is 3. The zero-order valence-corrected chi connectivity index (χ0v) is 11.2. The maximum absolute atomic E-state index is 11.8. The van der Waals surface area contributed by atoms with Crippen LogP contribution >= 0.6 is 11.3 Å². The van der Waals surface area contributed by atoms with Crippen molar-refractivity contribution in [1.82, 2.24) is 0 Å². The van der Waals surface area contributed by atoms with Crippen LogP contribution in [0.15, 0.2) is 6.07 Å². The summed E-state index contributed by atoms with van der Waals surface area (Å²) in [6.07, 6.45) is 4.73. The predicted molar refractivity (Wildman–Crippen MR) is 71.2 cm³/mol. The molecule has 1 fully saturated rings. The standard InChI is InChI=1S/C13H17NO3S/c1-2-9-7-10(13(16)17)12(18-9)14-11(15)6-8-4-3-5-8/h7-8H,2-6H2,1H3,(H,14,15)(H,16,17). The SMILES string of the molecule is CCc1cc(C(=O)O)c(NC(=O)CC2CCC2)s1. The minimum atomic E-state index is -0.982. The summed E-state index contributed by atoms with van der Waals surface area (Å²) in [5.41, 5.74) is 0.207. The Morgan fingerprint density at radius 1 is 1.50 bits per heavy atom. The molecule has 0 aromatic carbocycles. The number of hydrogen-bond donors (Lipinski definition) is 2. The molecule has 1 aliphatic rings. The smallest absolute Gasteiger partial charge is 0.338 e. The van der Waals surface area contributed by atoms with Crippen molar-refractivity contribution < 1.29 is 14.7 Å². The van der Waals surface area contributed by atoms with Crippen molar-refractivity contribution in [2.24, 2.45) is 5.92 Å². The van der Waals surface area contributed by atoms with Gasteiger partial charge in [0.2, 0.25) is 5.91 Å². The van der Waals surface area contributed by atoms with Gasteiger partial charge in [0.05, 0.1) is 5.56 Å². The summed E-state index contributed by atoms with van der Waals surface area (Å²) in [6.45, 7) is 1.97. The molecule has 98 valence electrons. The van der Waals surface area contributed by atoms with Crippen molar-refractivity contribution in [3.8, 4) is 0 Å². The summed E-state index contributed by atoms with van der Waals surface area (Å²) in [5.74, 6) is -0.555. The van der Waals surface area contributed by atoms with E-state index in [1.54, 1.807) is 6.07 Å². The Balaban J connectivity index is 2.04. The first-order chi connectivity index (χ1) is 8.60. The van der Waals surface area contributed by atoms with Crippen molar-refractivity contribution in [2.45, 2.75) is 39.0 Å². The molecule has 1 saturated carbocycles. The third-order valence-corrected chi connectivity index (χ3v) is 4.51. The van der Waals surface area contributed by atoms with Gasteiger partial charge in [0.15, 0.2) is 0 Å². The minimum absolute atomic E-state index is 0.0632. The lowest BCUT2D eigenvalue weighted by Gasteiger charge is -2.24. The maximum atomic E-state index is 11.8. The highest BCUT2D eigenvalue weighted by atomic mass is 32.1. The van der Waals surface area contributed by atoms with Crippen molar-refractivity contribution in [3.05, 3.63) is 16.5 Å². The summed E-state index contributed by atoms with van der Waals surface area (Å²) in [7, 11) is 0. The second-order valence-corrected chi connectivity index (χ2v) is 5.80. The Morgan fingerprint density at radius 3 is 2.72 bits per heavy atom. The topological polar surface area (TPSA) is 66.4 Å². The lowest BCUT2D eigenvalue weighted by Crippen LogP contribution is -2.21. The molecule has 0 saturated heterocycles. The van der Waals surface area contributed by atoms with Crippen LogP contribution in [-0.4, -0.2) is 17.0 Å². The lowest BCUT2D eigenvalue weighted by molar-refractivity contribution is -0.117. The molecule has 0 spiro atoms. The van der Waals surface area contributed by atoms with Crippen LogP contribution in [0.5, 0.6) is 0 Å². The molecule has 18 heavy (non-hydrogen) atoms. The first kappa shape index (κ1) is 13.1. The van der Waals surface area contributed by atoms with Gasteiger partial charge in [0.25, 0.3) is 0 Å². The van der Waals surface area contributed by atoms with Crippen molar-refractivity contribution in [3.63, 3.8) is 0 Å². The van der Waals surface area contributed by atoms with Gasteiger partial charge in [-0.15, -0.1) is 11.3 Å². The van der Waals surface area contributed by atoms with E-state index in [0.29, 0.717) is 17.3 Å². The summed E-state index contributed by atoms with van der Waals surface area (Å²) in [6, 6.07) is 1.64. The summed E-state index contributed by atoms with van der Waals surface area (Å²) < 4.78 is 0. The van der Waals surface area contributed by atoms with Gasteiger partial charge in [0.1, 0.15) is 5.00 Å². The van der Waals surface area contributed by atoms with Crippen LogP contribution in [0.4, 0.5) is 5.00 Å². The predicted octanol–water partition coefficient (Wildman–Crippen LogP) is 3.14. The molecule has 1 aliphatic carbocycles. The van der Waals surface area contributed by atoms with E-state index in [-0.39, 0.29) is 11.5 Å². The van der Waals surface area contributed by atoms with Crippen LogP contribution in [0.2, 0.25) is 0 Å². The van der Waals surface area contributed by atoms with Crippen LogP contribution < -0.4 is 5.32 Å². The number of carbonyl (C=O) groups excluding carboxylic acids is 1. The summed E-state index contributed by atoms with van der Waals surface area (Å²) in [5, 5.41) is 12.3. The molecular formula is C13H17NO3S. The van der Waals surface area contributed by atoms with E-state index in [0.717, 1.165) is 24.1 Å². The van der Waals surface area contributed by atoms with E-state index >= 15 is 0 Å². The number of rotatable bonds is 5. The number of carboxylic acids is 1. The maximum Gasteiger partial charge on any atom is 0.338 e. The molecule has 0 radical (unpaired) electrons. The number of carbonyl (C=O) groups is 2. The molecule has 1 heterocycles. The summed E-state index contributed by atoms with van der Waals surface area (Å²) >= 11 is 1.36. The van der Waals surface area contributed by atoms with E-state index in [9.17, 15) is 9.59 Å². The molecule has 4 nitrogen and oxygen atoms in total. The van der Waals surface area contributed by atoms with Gasteiger partial charge >= 0.3 is 5.97 Å². The second kappa shape index (κ2) is 5.52. The van der Waals surface area contributed by atoms with Crippen molar-refractivity contribution in [1.29, 1.82) is 0 Å². The van der Waals surface area contributed by atoms with Crippen LogP contribution in [0.25, 0.3) is 0 Å². The van der Waals surface area contributed by atoms with Gasteiger partial charge in [-0.2, -0.15) is 0 Å². The van der Waals surface area contributed by atoms with E-state index in [4.69, 9.17) is 5.11 Å². The molecule has 0 bridgehead atoms. The third-order valence-electron chi connectivity index (χ3n) is 3.31. The largest absolute Gasteiger partial charge is 0.478 e. The molecule has 2 N–H and O–H groups in total. The number of amides is 1. The fourth-order valence-electron chi connectivity index (χ4n) is 2.00. The van der Waals surface area contributed by atoms with Gasteiger partial charge in [-0.25, -0.2) is 4.79 Å². The second-order valence-electron chi connectivity index (χ2n) is 4.66. The average molecular weight is 267 g/mol. The number of carboxylic acid groups (broad SMARTS) is 1. The quantitative estimate of drug-likeness (QED) is 0.861. The van der Waals surface area contributed by atoms with Crippen molar-refractivity contribution >= 4 is 28.2 Å². The van der Waals surface area contributed by atoms with E-state index in [2.05, 4.69) is 5.32 Å². The van der Waals surface area contributed by atoms with E-state index in [1.807, 2.05) is 6.92 Å². The van der Waals surface area contributed by atoms with Gasteiger partial charge < -0.3 is 10.4 Å². The molecule has 0 aliphatic heterocycles. The van der Waals surface area contributed by atoms with Crippen LogP contribution in [0, 0.1) is 5.92 Å². The lowest BCUT2D eigenvalue weighted by atomic mass is 9.83. The zero-order valence-electron chi connectivity index (χ0n) is 10.4. The molecule has 1 aromatic rings. The fraction of sp³-hybridized carbons (Fsp3) is 0.538. The van der Waals surface area contributed by atoms with Crippen LogP contribution in [0.3, 0.4) is 0 Å².